The molecule has 1 saturated carbocycles. The molecule has 0 radical (unpaired) electrons. The van der Waals surface area contributed by atoms with Crippen LogP contribution in [-0.2, 0) is 9.59 Å². The summed E-state index contributed by atoms with van der Waals surface area (Å²) in [7, 11) is 0. The summed E-state index contributed by atoms with van der Waals surface area (Å²) in [6.45, 7) is 4.05. The van der Waals surface area contributed by atoms with Gasteiger partial charge in [0, 0.05) is 64.3 Å². The number of anilines is 2. The van der Waals surface area contributed by atoms with E-state index >= 15 is 8.78 Å². The first-order chi connectivity index (χ1) is 28.5. The lowest BCUT2D eigenvalue weighted by Crippen LogP contribution is -2.54. The second kappa shape index (κ2) is 16.9. The highest BCUT2D eigenvalue weighted by Crippen LogP contribution is 2.37. The maximum Gasteiger partial charge on any atom is 0.272 e. The smallest absolute Gasteiger partial charge is 0.272 e. The number of aromatic nitrogens is 2. The highest BCUT2D eigenvalue weighted by Gasteiger charge is 2.47. The van der Waals surface area contributed by atoms with Gasteiger partial charge in [-0.05, 0) is 81.2 Å². The number of nitriles is 1. The fourth-order valence-corrected chi connectivity index (χ4v) is 8.96. The minimum atomic E-state index is -1.28. The number of hydrogen-bond acceptors (Lipinski definition) is 12. The summed E-state index contributed by atoms with van der Waals surface area (Å²) in [6, 6.07) is 10.2. The monoisotopic (exact) mass is 829 g/mol. The van der Waals surface area contributed by atoms with Gasteiger partial charge in [0.1, 0.15) is 29.4 Å². The molecule has 1 aromatic heterocycles. The van der Waals surface area contributed by atoms with Crippen LogP contribution in [0.2, 0.25) is 5.02 Å². The molecule has 308 valence electrons. The van der Waals surface area contributed by atoms with E-state index in [2.05, 4.69) is 30.6 Å². The van der Waals surface area contributed by atoms with Crippen molar-refractivity contribution in [3.05, 3.63) is 75.4 Å². The molecule has 5 heterocycles. The van der Waals surface area contributed by atoms with E-state index in [1.165, 1.54) is 0 Å². The van der Waals surface area contributed by atoms with E-state index in [1.807, 2.05) is 12.1 Å². The molecular formula is C41H42ClF2N9O6. The molecule has 0 spiro atoms. The maximum atomic E-state index is 15.9. The standard InChI is InChI=1S/C41H42ClF2N9O6/c42-29-19-27(4-1-24(29)21-45)59-26-5-2-25(3-6-26)46-38(55)31-7-9-33(49-48-31)51-13-11-23(12-14-51)22-50-15-17-52(18-16-50)37-30(43)20-28-35(36(37)44)41(58)53(40(28)57)32-8-10-34(54)47-39(32)56/h1,4,7,9,19-20,23,25-26,32H,2-3,5-6,8,10-18,22H2,(H,46,55)(H,47,54,56)/t25?,26?,32-/m1/s1. The molecule has 1 aliphatic carbocycles. The topological polar surface area (TPSA) is 181 Å². The number of benzene rings is 2. The van der Waals surface area contributed by atoms with Gasteiger partial charge >= 0.3 is 0 Å². The number of piperazine rings is 1. The van der Waals surface area contributed by atoms with Gasteiger partial charge in [-0.3, -0.25) is 39.1 Å². The molecule has 0 bridgehead atoms. The SMILES string of the molecule is N#Cc1ccc(OC2CCC(NC(=O)c3ccc(N4CCC(CN5CCN(c6c(F)cc7c(c6F)C(=O)N([C@@H]6CCC(=O)NC6=O)C7=O)CC5)CC4)nn3)CC2)cc1Cl. The Hall–Kier alpha value is -5.73. The van der Waals surface area contributed by atoms with Crippen LogP contribution in [0.1, 0.15) is 88.1 Å². The van der Waals surface area contributed by atoms with Crippen molar-refractivity contribution in [3.63, 3.8) is 0 Å². The third kappa shape index (κ3) is 8.28. The summed E-state index contributed by atoms with van der Waals surface area (Å²) in [4.78, 5) is 69.9. The molecule has 4 fully saturated rings. The zero-order chi connectivity index (χ0) is 41.4. The van der Waals surface area contributed by atoms with Gasteiger partial charge in [-0.2, -0.15) is 5.26 Å². The van der Waals surface area contributed by atoms with Crippen molar-refractivity contribution in [2.45, 2.75) is 69.6 Å². The molecule has 3 saturated heterocycles. The number of carbonyl (C=O) groups is 5. The molecule has 8 rings (SSSR count). The second-order valence-corrected chi connectivity index (χ2v) is 16.1. The second-order valence-electron chi connectivity index (χ2n) is 15.7. The number of fused-ring (bicyclic) bond motifs is 1. The Labute approximate surface area is 343 Å². The van der Waals surface area contributed by atoms with Crippen LogP contribution in [0.15, 0.2) is 36.4 Å². The Balaban J connectivity index is 0.776. The van der Waals surface area contributed by atoms with E-state index in [9.17, 15) is 24.0 Å². The van der Waals surface area contributed by atoms with Crippen LogP contribution in [0, 0.1) is 28.9 Å². The number of nitrogens with zero attached hydrogens (tertiary/aromatic N) is 7. The fraction of sp³-hybridized carbons (Fsp3) is 0.463. The highest BCUT2D eigenvalue weighted by atomic mass is 35.5. The summed E-state index contributed by atoms with van der Waals surface area (Å²) in [5.74, 6) is -3.96. The van der Waals surface area contributed by atoms with Crippen LogP contribution >= 0.6 is 11.6 Å². The Morgan fingerprint density at radius 3 is 2.31 bits per heavy atom. The number of nitrogens with one attached hydrogen (secondary N) is 2. The number of amides is 5. The lowest BCUT2D eigenvalue weighted by atomic mass is 9.93. The number of imide groups is 2. The zero-order valence-electron chi connectivity index (χ0n) is 32.1. The molecular weight excluding hydrogens is 788 g/mol. The van der Waals surface area contributed by atoms with Crippen molar-refractivity contribution < 1.29 is 37.5 Å². The average molecular weight is 830 g/mol. The Morgan fingerprint density at radius 1 is 0.898 bits per heavy atom. The van der Waals surface area contributed by atoms with E-state index in [0.29, 0.717) is 59.2 Å². The first-order valence-electron chi connectivity index (χ1n) is 19.9. The van der Waals surface area contributed by atoms with Crippen LogP contribution in [0.3, 0.4) is 0 Å². The molecule has 3 aromatic rings. The van der Waals surface area contributed by atoms with E-state index in [0.717, 1.165) is 64.2 Å². The minimum absolute atomic E-state index is 0.00527. The van der Waals surface area contributed by atoms with Gasteiger partial charge in [0.05, 0.1) is 27.8 Å². The van der Waals surface area contributed by atoms with Crippen molar-refractivity contribution in [2.24, 2.45) is 5.92 Å². The van der Waals surface area contributed by atoms with Gasteiger partial charge in [-0.15, -0.1) is 10.2 Å². The Bertz CT molecular complexity index is 2220. The van der Waals surface area contributed by atoms with E-state index in [-0.39, 0.29) is 42.3 Å². The first-order valence-corrected chi connectivity index (χ1v) is 20.3. The molecule has 2 aromatic carbocycles. The van der Waals surface area contributed by atoms with Crippen molar-refractivity contribution >= 4 is 52.6 Å². The molecule has 4 aliphatic heterocycles. The quantitative estimate of drug-likeness (QED) is 0.298. The first kappa shape index (κ1) is 40.1. The molecule has 5 aliphatic rings. The van der Waals surface area contributed by atoms with Gasteiger partial charge in [-0.1, -0.05) is 11.6 Å². The van der Waals surface area contributed by atoms with Crippen molar-refractivity contribution in [1.82, 2.24) is 30.6 Å². The summed E-state index contributed by atoms with van der Waals surface area (Å²) in [5.41, 5.74) is -0.700. The predicted octanol–water partition coefficient (Wildman–Crippen LogP) is 3.84. The van der Waals surface area contributed by atoms with Crippen LogP contribution in [0.4, 0.5) is 20.3 Å². The largest absolute Gasteiger partial charge is 0.490 e. The third-order valence-corrected chi connectivity index (χ3v) is 12.3. The summed E-state index contributed by atoms with van der Waals surface area (Å²) < 4.78 is 37.4. The Morgan fingerprint density at radius 2 is 1.64 bits per heavy atom. The third-order valence-electron chi connectivity index (χ3n) is 12.0. The number of carbonyl (C=O) groups excluding carboxylic acids is 5. The van der Waals surface area contributed by atoms with Crippen LogP contribution < -0.4 is 25.2 Å². The molecule has 1 atom stereocenters. The van der Waals surface area contributed by atoms with E-state index in [1.54, 1.807) is 29.2 Å². The zero-order valence-corrected chi connectivity index (χ0v) is 32.8. The van der Waals surface area contributed by atoms with Crippen molar-refractivity contribution in [1.29, 1.82) is 5.26 Å². The number of hydrogen-bond donors (Lipinski definition) is 2. The van der Waals surface area contributed by atoms with Crippen LogP contribution in [0.5, 0.6) is 5.75 Å². The lowest BCUT2D eigenvalue weighted by molar-refractivity contribution is -0.136. The number of ether oxygens (including phenoxy) is 1. The number of rotatable bonds is 9. The lowest BCUT2D eigenvalue weighted by Gasteiger charge is -2.40. The van der Waals surface area contributed by atoms with E-state index < -0.39 is 52.4 Å². The normalized spacial score (nSPS) is 22.9. The van der Waals surface area contributed by atoms with Crippen LogP contribution in [0.25, 0.3) is 0 Å². The van der Waals surface area contributed by atoms with Gasteiger partial charge in [0.25, 0.3) is 17.7 Å². The molecule has 2 N–H and O–H groups in total. The van der Waals surface area contributed by atoms with Gasteiger partial charge in [0.15, 0.2) is 17.3 Å². The average Bonchev–Trinajstić information content (AvgIpc) is 3.47. The number of halogens is 3. The minimum Gasteiger partial charge on any atom is -0.490 e. The predicted molar refractivity (Wildman–Crippen MR) is 209 cm³/mol. The molecule has 0 unspecified atom stereocenters. The van der Waals surface area contributed by atoms with E-state index in [4.69, 9.17) is 21.6 Å². The van der Waals surface area contributed by atoms with Gasteiger partial charge < -0.3 is 19.9 Å². The van der Waals surface area contributed by atoms with Crippen molar-refractivity contribution in [2.75, 3.05) is 55.6 Å². The summed E-state index contributed by atoms with van der Waals surface area (Å²) in [5, 5.41) is 23.2. The Kier molecular flexibility index (Phi) is 11.5. The fourth-order valence-electron chi connectivity index (χ4n) is 8.75. The van der Waals surface area contributed by atoms with Gasteiger partial charge in [0.2, 0.25) is 11.8 Å². The molecule has 59 heavy (non-hydrogen) atoms. The summed E-state index contributed by atoms with van der Waals surface area (Å²) >= 11 is 6.13. The molecule has 18 heteroatoms. The molecule has 15 nitrogen and oxygen atoms in total. The maximum absolute atomic E-state index is 15.9. The highest BCUT2D eigenvalue weighted by molar-refractivity contribution is 6.31. The number of piperidine rings is 2. The van der Waals surface area contributed by atoms with Crippen LogP contribution in [-0.4, -0.2) is 114 Å². The molecule has 5 amide bonds. The summed E-state index contributed by atoms with van der Waals surface area (Å²) in [6.07, 6.45) is 4.66. The van der Waals surface area contributed by atoms with Crippen molar-refractivity contribution in [3.8, 4) is 11.8 Å². The van der Waals surface area contributed by atoms with Gasteiger partial charge in [-0.25, -0.2) is 8.78 Å².